The lowest BCUT2D eigenvalue weighted by Crippen LogP contribution is -2.49. The highest BCUT2D eigenvalue weighted by Gasteiger charge is 2.21. The summed E-state index contributed by atoms with van der Waals surface area (Å²) in [5, 5.41) is 8.80. The van der Waals surface area contributed by atoms with Gasteiger partial charge in [-0.3, -0.25) is 9.78 Å². The molecular weight excluding hydrogens is 302 g/mol. The lowest BCUT2D eigenvalue weighted by atomic mass is 10.1. The number of piperazine rings is 1. The maximum absolute atomic E-state index is 12.4. The van der Waals surface area contributed by atoms with Crippen LogP contribution in [0.25, 0.3) is 0 Å². The minimum absolute atomic E-state index is 0.179. The summed E-state index contributed by atoms with van der Waals surface area (Å²) in [6.45, 7) is 2.98. The average Bonchev–Trinajstić information content (AvgIpc) is 2.67. The Morgan fingerprint density at radius 3 is 2.50 bits per heavy atom. The molecule has 0 unspecified atom stereocenters. The molecule has 1 aromatic heterocycles. The number of hydrogen-bond acceptors (Lipinski definition) is 5. The van der Waals surface area contributed by atoms with Gasteiger partial charge in [-0.15, -0.1) is 0 Å². The van der Waals surface area contributed by atoms with Gasteiger partial charge in [-0.05, 0) is 24.1 Å². The van der Waals surface area contributed by atoms with E-state index >= 15 is 0 Å². The van der Waals surface area contributed by atoms with Crippen LogP contribution in [0.15, 0.2) is 42.9 Å². The van der Waals surface area contributed by atoms with Gasteiger partial charge in [0, 0.05) is 45.0 Å². The molecule has 1 fully saturated rings. The molecule has 0 N–H and O–H groups in total. The molecule has 0 radical (unpaired) electrons. The van der Waals surface area contributed by atoms with Crippen molar-refractivity contribution >= 4 is 11.7 Å². The zero-order chi connectivity index (χ0) is 16.8. The van der Waals surface area contributed by atoms with Gasteiger partial charge in [-0.25, -0.2) is 4.98 Å². The SMILES string of the molecule is N#Cc1ccc(CCC(=O)N2CCN(c3cnccn3)CC2)cc1. The van der Waals surface area contributed by atoms with Crippen LogP contribution in [-0.4, -0.2) is 47.0 Å². The zero-order valence-electron chi connectivity index (χ0n) is 13.4. The Labute approximate surface area is 141 Å². The van der Waals surface area contributed by atoms with E-state index in [0.29, 0.717) is 31.5 Å². The quantitative estimate of drug-likeness (QED) is 0.856. The van der Waals surface area contributed by atoms with Crippen LogP contribution in [0.4, 0.5) is 5.82 Å². The zero-order valence-corrected chi connectivity index (χ0v) is 13.4. The first-order valence-corrected chi connectivity index (χ1v) is 8.04. The predicted octanol–water partition coefficient (Wildman–Crippen LogP) is 1.63. The Hall–Kier alpha value is -2.94. The van der Waals surface area contributed by atoms with Crippen LogP contribution in [0.1, 0.15) is 17.5 Å². The highest BCUT2D eigenvalue weighted by atomic mass is 16.2. The number of carbonyl (C=O) groups excluding carboxylic acids is 1. The van der Waals surface area contributed by atoms with E-state index in [4.69, 9.17) is 5.26 Å². The fourth-order valence-electron chi connectivity index (χ4n) is 2.79. The second-order valence-electron chi connectivity index (χ2n) is 5.74. The molecule has 0 bridgehead atoms. The van der Waals surface area contributed by atoms with E-state index in [1.807, 2.05) is 17.0 Å². The molecule has 6 heteroatoms. The topological polar surface area (TPSA) is 73.1 Å². The maximum Gasteiger partial charge on any atom is 0.223 e. The number of carbonyl (C=O) groups is 1. The lowest BCUT2D eigenvalue weighted by Gasteiger charge is -2.35. The smallest absolute Gasteiger partial charge is 0.223 e. The third-order valence-corrected chi connectivity index (χ3v) is 4.22. The van der Waals surface area contributed by atoms with E-state index in [0.717, 1.165) is 24.5 Å². The molecule has 0 saturated carbocycles. The second-order valence-corrected chi connectivity index (χ2v) is 5.74. The predicted molar refractivity (Wildman–Crippen MR) is 90.3 cm³/mol. The number of nitriles is 1. The molecule has 6 nitrogen and oxygen atoms in total. The van der Waals surface area contributed by atoms with Gasteiger partial charge < -0.3 is 9.80 Å². The van der Waals surface area contributed by atoms with Gasteiger partial charge in [0.1, 0.15) is 5.82 Å². The first-order valence-electron chi connectivity index (χ1n) is 8.04. The van der Waals surface area contributed by atoms with Crippen molar-refractivity contribution in [1.29, 1.82) is 5.26 Å². The molecule has 0 atom stereocenters. The standard InChI is InChI=1S/C18H19N5O/c19-13-16-3-1-15(2-4-16)5-6-18(24)23-11-9-22(10-12-23)17-14-20-7-8-21-17/h1-4,7-8,14H,5-6,9-12H2. The first-order chi connectivity index (χ1) is 11.8. The maximum atomic E-state index is 12.4. The van der Waals surface area contributed by atoms with Crippen LogP contribution in [0, 0.1) is 11.3 Å². The summed E-state index contributed by atoms with van der Waals surface area (Å²) >= 11 is 0. The van der Waals surface area contributed by atoms with Crippen LogP contribution in [0.2, 0.25) is 0 Å². The van der Waals surface area contributed by atoms with E-state index in [1.165, 1.54) is 0 Å². The molecule has 24 heavy (non-hydrogen) atoms. The third-order valence-electron chi connectivity index (χ3n) is 4.22. The second kappa shape index (κ2) is 7.55. The number of aryl methyl sites for hydroxylation is 1. The van der Waals surface area contributed by atoms with Crippen molar-refractivity contribution < 1.29 is 4.79 Å². The molecule has 3 rings (SSSR count). The molecule has 1 aliphatic heterocycles. The Kier molecular flexibility index (Phi) is 5.02. The number of rotatable bonds is 4. The third kappa shape index (κ3) is 3.87. The minimum atomic E-state index is 0.179. The number of anilines is 1. The van der Waals surface area contributed by atoms with E-state index in [1.54, 1.807) is 30.7 Å². The molecule has 0 spiro atoms. The summed E-state index contributed by atoms with van der Waals surface area (Å²) in [5.41, 5.74) is 1.73. The van der Waals surface area contributed by atoms with Crippen molar-refractivity contribution in [2.75, 3.05) is 31.1 Å². The van der Waals surface area contributed by atoms with Crippen LogP contribution in [0.5, 0.6) is 0 Å². The molecule has 1 aliphatic rings. The van der Waals surface area contributed by atoms with Crippen molar-refractivity contribution in [2.24, 2.45) is 0 Å². The van der Waals surface area contributed by atoms with Crippen LogP contribution in [-0.2, 0) is 11.2 Å². The molecule has 1 aromatic carbocycles. The van der Waals surface area contributed by atoms with Crippen molar-refractivity contribution in [3.8, 4) is 6.07 Å². The van der Waals surface area contributed by atoms with Crippen molar-refractivity contribution in [3.63, 3.8) is 0 Å². The molecule has 122 valence electrons. The normalized spacial score (nSPS) is 14.3. The molecular formula is C18H19N5O. The van der Waals surface area contributed by atoms with E-state index in [9.17, 15) is 4.79 Å². The van der Waals surface area contributed by atoms with Crippen molar-refractivity contribution in [2.45, 2.75) is 12.8 Å². The molecule has 0 aliphatic carbocycles. The summed E-state index contributed by atoms with van der Waals surface area (Å²) in [6.07, 6.45) is 6.30. The monoisotopic (exact) mass is 321 g/mol. The number of benzene rings is 1. The van der Waals surface area contributed by atoms with E-state index in [-0.39, 0.29) is 5.91 Å². The molecule has 2 aromatic rings. The Morgan fingerprint density at radius 1 is 1.12 bits per heavy atom. The first kappa shape index (κ1) is 15.9. The lowest BCUT2D eigenvalue weighted by molar-refractivity contribution is -0.131. The highest BCUT2D eigenvalue weighted by molar-refractivity contribution is 5.76. The van der Waals surface area contributed by atoms with Gasteiger partial charge in [0.05, 0.1) is 17.8 Å². The Bertz CT molecular complexity index is 715. The fourth-order valence-corrected chi connectivity index (χ4v) is 2.79. The van der Waals surface area contributed by atoms with E-state index < -0.39 is 0 Å². The number of aromatic nitrogens is 2. The largest absolute Gasteiger partial charge is 0.352 e. The van der Waals surface area contributed by atoms with Crippen LogP contribution in [0.3, 0.4) is 0 Å². The van der Waals surface area contributed by atoms with Gasteiger partial charge in [-0.1, -0.05) is 12.1 Å². The Morgan fingerprint density at radius 2 is 1.88 bits per heavy atom. The van der Waals surface area contributed by atoms with Crippen LogP contribution >= 0.6 is 0 Å². The van der Waals surface area contributed by atoms with Gasteiger partial charge >= 0.3 is 0 Å². The summed E-state index contributed by atoms with van der Waals surface area (Å²) < 4.78 is 0. The minimum Gasteiger partial charge on any atom is -0.352 e. The van der Waals surface area contributed by atoms with Gasteiger partial charge in [-0.2, -0.15) is 5.26 Å². The Balaban J connectivity index is 1.47. The van der Waals surface area contributed by atoms with Crippen molar-refractivity contribution in [3.05, 3.63) is 54.0 Å². The average molecular weight is 321 g/mol. The van der Waals surface area contributed by atoms with Crippen LogP contribution < -0.4 is 4.90 Å². The summed E-state index contributed by atoms with van der Waals surface area (Å²) in [6, 6.07) is 9.51. The molecule has 1 amide bonds. The molecule has 2 heterocycles. The van der Waals surface area contributed by atoms with Gasteiger partial charge in [0.15, 0.2) is 0 Å². The van der Waals surface area contributed by atoms with E-state index in [2.05, 4.69) is 20.9 Å². The number of nitrogens with zero attached hydrogens (tertiary/aromatic N) is 5. The van der Waals surface area contributed by atoms with Gasteiger partial charge in [0.25, 0.3) is 0 Å². The summed E-state index contributed by atoms with van der Waals surface area (Å²) in [4.78, 5) is 24.8. The van der Waals surface area contributed by atoms with Gasteiger partial charge in [0.2, 0.25) is 5.91 Å². The summed E-state index contributed by atoms with van der Waals surface area (Å²) in [5.74, 6) is 1.04. The highest BCUT2D eigenvalue weighted by Crippen LogP contribution is 2.13. The molecule has 1 saturated heterocycles. The fraction of sp³-hybridized carbons (Fsp3) is 0.333. The van der Waals surface area contributed by atoms with Crippen molar-refractivity contribution in [1.82, 2.24) is 14.9 Å². The number of hydrogen-bond donors (Lipinski definition) is 0. The summed E-state index contributed by atoms with van der Waals surface area (Å²) in [7, 11) is 0. The number of amides is 1.